The Bertz CT molecular complexity index is 155. The lowest BCUT2D eigenvalue weighted by molar-refractivity contribution is 0.307. The van der Waals surface area contributed by atoms with Crippen LogP contribution in [0, 0.1) is 0 Å². The number of allylic oxidation sites excluding steroid dienone is 2. The van der Waals surface area contributed by atoms with Crippen molar-refractivity contribution >= 4 is 0 Å². The van der Waals surface area contributed by atoms with E-state index < -0.39 is 0 Å². The minimum Gasteiger partial charge on any atom is -0.369 e. The smallest absolute Gasteiger partial charge is 0.0317 e. The van der Waals surface area contributed by atoms with Crippen molar-refractivity contribution in [2.45, 2.75) is 6.92 Å². The second-order valence-corrected chi connectivity index (χ2v) is 2.65. The Balaban J connectivity index is 2.49. The van der Waals surface area contributed by atoms with Crippen LogP contribution >= 0.6 is 0 Å². The van der Waals surface area contributed by atoms with Gasteiger partial charge in [0.05, 0.1) is 0 Å². The number of nitrogens with one attached hydrogen (secondary N) is 1. The van der Waals surface area contributed by atoms with Gasteiger partial charge in [-0.1, -0.05) is 12.7 Å². The SMILES string of the molecule is C=C/C(=C\C)N1CCNCC1. The average Bonchev–Trinajstić information content (AvgIpc) is 2.09. The van der Waals surface area contributed by atoms with E-state index in [1.807, 2.05) is 6.08 Å². The minimum atomic E-state index is 1.09. The summed E-state index contributed by atoms with van der Waals surface area (Å²) in [6, 6.07) is 0. The molecule has 2 nitrogen and oxygen atoms in total. The Morgan fingerprint density at radius 2 is 2.09 bits per heavy atom. The Morgan fingerprint density at radius 1 is 1.45 bits per heavy atom. The molecule has 1 N–H and O–H groups in total. The number of piperazine rings is 1. The fourth-order valence-corrected chi connectivity index (χ4v) is 1.35. The fraction of sp³-hybridized carbons (Fsp3) is 0.556. The lowest BCUT2D eigenvalue weighted by Crippen LogP contribution is -2.42. The van der Waals surface area contributed by atoms with Gasteiger partial charge in [-0.2, -0.15) is 0 Å². The molecule has 62 valence electrons. The number of hydrogen-bond acceptors (Lipinski definition) is 2. The van der Waals surface area contributed by atoms with Gasteiger partial charge in [-0.05, 0) is 13.0 Å². The van der Waals surface area contributed by atoms with Crippen molar-refractivity contribution in [1.82, 2.24) is 10.2 Å². The van der Waals surface area contributed by atoms with Crippen molar-refractivity contribution in [2.75, 3.05) is 26.2 Å². The molecule has 0 bridgehead atoms. The molecule has 0 unspecified atom stereocenters. The first kappa shape index (κ1) is 8.34. The molecule has 0 spiro atoms. The average molecular weight is 152 g/mol. The van der Waals surface area contributed by atoms with Gasteiger partial charge in [0.25, 0.3) is 0 Å². The summed E-state index contributed by atoms with van der Waals surface area (Å²) in [5.74, 6) is 0. The third-order valence-electron chi connectivity index (χ3n) is 1.99. The Labute approximate surface area is 68.6 Å². The summed E-state index contributed by atoms with van der Waals surface area (Å²) in [5.41, 5.74) is 1.26. The standard InChI is InChI=1S/C9H16N2/c1-3-9(4-2)11-7-5-10-6-8-11/h3-4,10H,1,5-8H2,2H3/b9-4+. The van der Waals surface area contributed by atoms with Crippen molar-refractivity contribution in [1.29, 1.82) is 0 Å². The van der Waals surface area contributed by atoms with Crippen molar-refractivity contribution in [3.05, 3.63) is 24.4 Å². The lowest BCUT2D eigenvalue weighted by Gasteiger charge is -2.30. The van der Waals surface area contributed by atoms with Crippen LogP contribution in [0.15, 0.2) is 24.4 Å². The third-order valence-corrected chi connectivity index (χ3v) is 1.99. The van der Waals surface area contributed by atoms with E-state index in [1.165, 1.54) is 5.70 Å². The van der Waals surface area contributed by atoms with E-state index in [-0.39, 0.29) is 0 Å². The van der Waals surface area contributed by atoms with Crippen LogP contribution in [0.5, 0.6) is 0 Å². The van der Waals surface area contributed by atoms with Crippen LogP contribution in [0.4, 0.5) is 0 Å². The maximum Gasteiger partial charge on any atom is 0.0317 e. The lowest BCUT2D eigenvalue weighted by atomic mass is 10.3. The summed E-state index contributed by atoms with van der Waals surface area (Å²) in [5, 5.41) is 3.31. The summed E-state index contributed by atoms with van der Waals surface area (Å²) in [4.78, 5) is 2.35. The highest BCUT2D eigenvalue weighted by Crippen LogP contribution is 2.05. The maximum absolute atomic E-state index is 3.78. The third kappa shape index (κ3) is 2.09. The van der Waals surface area contributed by atoms with E-state index in [1.54, 1.807) is 0 Å². The molecule has 1 aliphatic rings. The zero-order chi connectivity index (χ0) is 8.10. The van der Waals surface area contributed by atoms with Gasteiger partial charge in [0.2, 0.25) is 0 Å². The van der Waals surface area contributed by atoms with Crippen LogP contribution < -0.4 is 5.32 Å². The zero-order valence-electron chi connectivity index (χ0n) is 7.14. The van der Waals surface area contributed by atoms with Gasteiger partial charge in [-0.15, -0.1) is 0 Å². The van der Waals surface area contributed by atoms with Crippen molar-refractivity contribution in [3.8, 4) is 0 Å². The maximum atomic E-state index is 3.78. The number of nitrogens with zero attached hydrogens (tertiary/aromatic N) is 1. The molecule has 1 saturated heterocycles. The fourth-order valence-electron chi connectivity index (χ4n) is 1.35. The van der Waals surface area contributed by atoms with Crippen LogP contribution in [0.3, 0.4) is 0 Å². The molecule has 0 radical (unpaired) electrons. The topological polar surface area (TPSA) is 15.3 Å². The van der Waals surface area contributed by atoms with Gasteiger partial charge in [0, 0.05) is 31.9 Å². The summed E-state index contributed by atoms with van der Waals surface area (Å²) < 4.78 is 0. The molecule has 0 atom stereocenters. The quantitative estimate of drug-likeness (QED) is 0.593. The molecule has 1 aliphatic heterocycles. The highest BCUT2D eigenvalue weighted by molar-refractivity contribution is 5.14. The van der Waals surface area contributed by atoms with E-state index in [0.29, 0.717) is 0 Å². The van der Waals surface area contributed by atoms with Crippen LogP contribution in [0.1, 0.15) is 6.92 Å². The molecule has 11 heavy (non-hydrogen) atoms. The number of rotatable bonds is 2. The van der Waals surface area contributed by atoms with Gasteiger partial charge < -0.3 is 10.2 Å². The van der Waals surface area contributed by atoms with E-state index in [0.717, 1.165) is 26.2 Å². The Hall–Kier alpha value is -0.760. The second kappa shape index (κ2) is 4.19. The molecule has 1 fully saturated rings. The first-order valence-corrected chi connectivity index (χ1v) is 4.13. The number of hydrogen-bond donors (Lipinski definition) is 1. The van der Waals surface area contributed by atoms with Gasteiger partial charge >= 0.3 is 0 Å². The molecule has 1 heterocycles. The van der Waals surface area contributed by atoms with Gasteiger partial charge in [0.1, 0.15) is 0 Å². The van der Waals surface area contributed by atoms with E-state index in [2.05, 4.69) is 29.8 Å². The van der Waals surface area contributed by atoms with Gasteiger partial charge in [0.15, 0.2) is 0 Å². The minimum absolute atomic E-state index is 1.09. The van der Waals surface area contributed by atoms with E-state index in [4.69, 9.17) is 0 Å². The van der Waals surface area contributed by atoms with Gasteiger partial charge in [-0.3, -0.25) is 0 Å². The zero-order valence-corrected chi connectivity index (χ0v) is 7.14. The second-order valence-electron chi connectivity index (χ2n) is 2.65. The monoisotopic (exact) mass is 152 g/mol. The predicted octanol–water partition coefficient (Wildman–Crippen LogP) is 0.981. The molecule has 2 heteroatoms. The van der Waals surface area contributed by atoms with Crippen molar-refractivity contribution in [3.63, 3.8) is 0 Å². The summed E-state index contributed by atoms with van der Waals surface area (Å²) in [6.07, 6.45) is 4.03. The molecule has 1 rings (SSSR count). The first-order chi connectivity index (χ1) is 5.38. The van der Waals surface area contributed by atoms with Crippen LogP contribution in [0.25, 0.3) is 0 Å². The molecule has 0 aromatic heterocycles. The molecular weight excluding hydrogens is 136 g/mol. The normalized spacial score (nSPS) is 20.1. The summed E-state index contributed by atoms with van der Waals surface area (Å²) in [6.45, 7) is 10.2. The van der Waals surface area contributed by atoms with Gasteiger partial charge in [-0.25, -0.2) is 0 Å². The molecule has 0 aromatic rings. The van der Waals surface area contributed by atoms with Crippen molar-refractivity contribution < 1.29 is 0 Å². The molecule has 0 saturated carbocycles. The highest BCUT2D eigenvalue weighted by Gasteiger charge is 2.08. The predicted molar refractivity (Wildman–Crippen MR) is 48.4 cm³/mol. The van der Waals surface area contributed by atoms with E-state index >= 15 is 0 Å². The molecule has 0 aromatic carbocycles. The first-order valence-electron chi connectivity index (χ1n) is 4.13. The Morgan fingerprint density at radius 3 is 2.55 bits per heavy atom. The summed E-state index contributed by atoms with van der Waals surface area (Å²) in [7, 11) is 0. The molecular formula is C9H16N2. The summed E-state index contributed by atoms with van der Waals surface area (Å²) >= 11 is 0. The largest absolute Gasteiger partial charge is 0.369 e. The molecule has 0 aliphatic carbocycles. The molecule has 0 amide bonds. The van der Waals surface area contributed by atoms with Crippen LogP contribution in [0.2, 0.25) is 0 Å². The van der Waals surface area contributed by atoms with Crippen LogP contribution in [-0.4, -0.2) is 31.1 Å². The Kier molecular flexibility index (Phi) is 3.17. The van der Waals surface area contributed by atoms with Crippen molar-refractivity contribution in [2.24, 2.45) is 0 Å². The van der Waals surface area contributed by atoms with Crippen LogP contribution in [-0.2, 0) is 0 Å². The highest BCUT2D eigenvalue weighted by atomic mass is 15.2. The van der Waals surface area contributed by atoms with E-state index in [9.17, 15) is 0 Å².